The van der Waals surface area contributed by atoms with Crippen LogP contribution < -0.4 is 5.32 Å². The molecule has 2 rings (SSSR count). The van der Waals surface area contributed by atoms with Gasteiger partial charge in [0.1, 0.15) is 11.6 Å². The van der Waals surface area contributed by atoms with E-state index in [1.54, 1.807) is 6.07 Å². The molecule has 0 aliphatic heterocycles. The zero-order chi connectivity index (χ0) is 13.8. The maximum atomic E-state index is 13.5. The molecule has 0 saturated heterocycles. The first-order chi connectivity index (χ1) is 9.06. The Labute approximate surface area is 116 Å². The zero-order valence-electron chi connectivity index (χ0n) is 10.5. The van der Waals surface area contributed by atoms with E-state index in [2.05, 4.69) is 5.32 Å². The Kier molecular flexibility index (Phi) is 4.51. The highest BCUT2D eigenvalue weighted by Crippen LogP contribution is 2.18. The number of nitrogens with one attached hydrogen (secondary N) is 1. The van der Waals surface area contributed by atoms with Gasteiger partial charge in [0.25, 0.3) is 0 Å². The molecule has 0 aliphatic carbocycles. The van der Waals surface area contributed by atoms with Gasteiger partial charge in [-0.05, 0) is 42.8 Å². The van der Waals surface area contributed by atoms with Crippen LogP contribution in [0.2, 0.25) is 5.02 Å². The summed E-state index contributed by atoms with van der Waals surface area (Å²) in [6.07, 6.45) is 0. The molecule has 0 saturated carbocycles. The molecule has 0 bridgehead atoms. The normalized spacial score (nSPS) is 12.4. The van der Waals surface area contributed by atoms with E-state index < -0.39 is 11.6 Å². The SMILES string of the molecule is CC(NCc1cc(F)ccc1F)c1cccc(Cl)c1. The molecule has 1 atom stereocenters. The Morgan fingerprint density at radius 1 is 1.16 bits per heavy atom. The van der Waals surface area contributed by atoms with Crippen LogP contribution in [-0.2, 0) is 6.54 Å². The van der Waals surface area contributed by atoms with Crippen molar-refractivity contribution in [1.29, 1.82) is 0 Å². The highest BCUT2D eigenvalue weighted by atomic mass is 35.5. The van der Waals surface area contributed by atoms with Gasteiger partial charge in [-0.2, -0.15) is 0 Å². The lowest BCUT2D eigenvalue weighted by molar-refractivity contribution is 0.535. The van der Waals surface area contributed by atoms with Crippen LogP contribution in [0.25, 0.3) is 0 Å². The Bertz CT molecular complexity index is 572. The standard InChI is InChI=1S/C15H14ClF2N/c1-10(11-3-2-4-13(16)7-11)19-9-12-8-14(17)5-6-15(12)18/h2-8,10,19H,9H2,1H3. The maximum Gasteiger partial charge on any atom is 0.127 e. The molecule has 1 unspecified atom stereocenters. The predicted octanol–water partition coefficient (Wildman–Crippen LogP) is 4.47. The quantitative estimate of drug-likeness (QED) is 0.872. The third kappa shape index (κ3) is 3.75. The van der Waals surface area contributed by atoms with Gasteiger partial charge in [0.2, 0.25) is 0 Å². The second-order valence-electron chi connectivity index (χ2n) is 4.39. The first-order valence-electron chi connectivity index (χ1n) is 5.99. The van der Waals surface area contributed by atoms with E-state index in [4.69, 9.17) is 11.6 Å². The lowest BCUT2D eigenvalue weighted by atomic mass is 10.1. The van der Waals surface area contributed by atoms with Crippen LogP contribution in [0.15, 0.2) is 42.5 Å². The van der Waals surface area contributed by atoms with Crippen LogP contribution in [0.3, 0.4) is 0 Å². The van der Waals surface area contributed by atoms with Gasteiger partial charge >= 0.3 is 0 Å². The number of hydrogen-bond donors (Lipinski definition) is 1. The van der Waals surface area contributed by atoms with Crippen LogP contribution in [0.4, 0.5) is 8.78 Å². The Morgan fingerprint density at radius 2 is 1.95 bits per heavy atom. The van der Waals surface area contributed by atoms with Gasteiger partial charge in [-0.15, -0.1) is 0 Å². The highest BCUT2D eigenvalue weighted by molar-refractivity contribution is 6.30. The molecule has 0 heterocycles. The van der Waals surface area contributed by atoms with E-state index in [0.29, 0.717) is 10.6 Å². The van der Waals surface area contributed by atoms with E-state index in [9.17, 15) is 8.78 Å². The minimum absolute atomic E-state index is 0.00127. The average Bonchev–Trinajstić information content (AvgIpc) is 2.39. The van der Waals surface area contributed by atoms with Crippen molar-refractivity contribution in [3.8, 4) is 0 Å². The van der Waals surface area contributed by atoms with Crippen LogP contribution in [0.5, 0.6) is 0 Å². The molecule has 0 radical (unpaired) electrons. The molecular weight excluding hydrogens is 268 g/mol. The van der Waals surface area contributed by atoms with Gasteiger partial charge in [0, 0.05) is 23.2 Å². The number of halogens is 3. The molecular formula is C15H14ClF2N. The van der Waals surface area contributed by atoms with Crippen molar-refractivity contribution in [2.45, 2.75) is 19.5 Å². The van der Waals surface area contributed by atoms with Gasteiger partial charge in [-0.25, -0.2) is 8.78 Å². The molecule has 0 aromatic heterocycles. The maximum absolute atomic E-state index is 13.5. The van der Waals surface area contributed by atoms with Gasteiger partial charge < -0.3 is 5.32 Å². The first-order valence-corrected chi connectivity index (χ1v) is 6.37. The van der Waals surface area contributed by atoms with E-state index >= 15 is 0 Å². The van der Waals surface area contributed by atoms with E-state index in [-0.39, 0.29) is 12.6 Å². The molecule has 2 aromatic rings. The monoisotopic (exact) mass is 281 g/mol. The molecule has 0 spiro atoms. The third-order valence-corrected chi connectivity index (χ3v) is 3.19. The van der Waals surface area contributed by atoms with E-state index in [1.807, 2.05) is 25.1 Å². The molecule has 0 amide bonds. The predicted molar refractivity (Wildman–Crippen MR) is 73.1 cm³/mol. The van der Waals surface area contributed by atoms with Crippen LogP contribution in [0.1, 0.15) is 24.1 Å². The van der Waals surface area contributed by atoms with Crippen molar-refractivity contribution in [1.82, 2.24) is 5.32 Å². The lowest BCUT2D eigenvalue weighted by Gasteiger charge is -2.15. The summed E-state index contributed by atoms with van der Waals surface area (Å²) in [6, 6.07) is 10.9. The molecule has 4 heteroatoms. The fraction of sp³-hybridized carbons (Fsp3) is 0.200. The van der Waals surface area contributed by atoms with Crippen molar-refractivity contribution >= 4 is 11.6 Å². The Balaban J connectivity index is 2.04. The summed E-state index contributed by atoms with van der Waals surface area (Å²) in [6.45, 7) is 2.21. The largest absolute Gasteiger partial charge is 0.306 e. The molecule has 1 nitrogen and oxygen atoms in total. The Morgan fingerprint density at radius 3 is 2.68 bits per heavy atom. The Hall–Kier alpha value is -1.45. The topological polar surface area (TPSA) is 12.0 Å². The second-order valence-corrected chi connectivity index (χ2v) is 4.83. The molecule has 100 valence electrons. The smallest absolute Gasteiger partial charge is 0.127 e. The van der Waals surface area contributed by atoms with Crippen molar-refractivity contribution < 1.29 is 8.78 Å². The van der Waals surface area contributed by atoms with Crippen molar-refractivity contribution in [2.24, 2.45) is 0 Å². The molecule has 1 N–H and O–H groups in total. The van der Waals surface area contributed by atoms with Crippen molar-refractivity contribution in [2.75, 3.05) is 0 Å². The van der Waals surface area contributed by atoms with Gasteiger partial charge in [0.15, 0.2) is 0 Å². The molecule has 19 heavy (non-hydrogen) atoms. The highest BCUT2D eigenvalue weighted by Gasteiger charge is 2.08. The van der Waals surface area contributed by atoms with Crippen LogP contribution in [-0.4, -0.2) is 0 Å². The summed E-state index contributed by atoms with van der Waals surface area (Å²) < 4.78 is 26.5. The van der Waals surface area contributed by atoms with Crippen molar-refractivity contribution in [3.63, 3.8) is 0 Å². The van der Waals surface area contributed by atoms with Crippen molar-refractivity contribution in [3.05, 3.63) is 70.2 Å². The summed E-state index contributed by atoms with van der Waals surface area (Å²) in [5.41, 5.74) is 1.32. The first kappa shape index (κ1) is 14.0. The summed E-state index contributed by atoms with van der Waals surface area (Å²) in [5, 5.41) is 3.80. The second kappa shape index (κ2) is 6.13. The number of hydrogen-bond acceptors (Lipinski definition) is 1. The molecule has 0 aliphatic rings. The summed E-state index contributed by atoms with van der Waals surface area (Å²) in [7, 11) is 0. The minimum atomic E-state index is -0.436. The van der Waals surface area contributed by atoms with Gasteiger partial charge in [-0.1, -0.05) is 23.7 Å². The average molecular weight is 282 g/mol. The lowest BCUT2D eigenvalue weighted by Crippen LogP contribution is -2.18. The molecule has 2 aromatic carbocycles. The van der Waals surface area contributed by atoms with E-state index in [1.165, 1.54) is 6.07 Å². The third-order valence-electron chi connectivity index (χ3n) is 2.96. The number of benzene rings is 2. The number of rotatable bonds is 4. The molecule has 0 fully saturated rings. The zero-order valence-corrected chi connectivity index (χ0v) is 11.2. The summed E-state index contributed by atoms with van der Waals surface area (Å²) in [4.78, 5) is 0. The summed E-state index contributed by atoms with van der Waals surface area (Å²) in [5.74, 6) is -0.846. The van der Waals surface area contributed by atoms with E-state index in [0.717, 1.165) is 17.7 Å². The minimum Gasteiger partial charge on any atom is -0.306 e. The van der Waals surface area contributed by atoms with Gasteiger partial charge in [0.05, 0.1) is 0 Å². The van der Waals surface area contributed by atoms with Gasteiger partial charge in [-0.3, -0.25) is 0 Å². The fourth-order valence-electron chi connectivity index (χ4n) is 1.84. The summed E-state index contributed by atoms with van der Waals surface area (Å²) >= 11 is 5.91. The van der Waals surface area contributed by atoms with Crippen LogP contribution >= 0.6 is 11.6 Å². The van der Waals surface area contributed by atoms with Crippen LogP contribution in [0, 0.1) is 11.6 Å². The fourth-order valence-corrected chi connectivity index (χ4v) is 2.03.